The van der Waals surface area contributed by atoms with Gasteiger partial charge in [0.05, 0.1) is 10.3 Å². The van der Waals surface area contributed by atoms with Crippen LogP contribution in [0, 0.1) is 0 Å². The van der Waals surface area contributed by atoms with Crippen molar-refractivity contribution in [3.8, 4) is 11.1 Å². The van der Waals surface area contributed by atoms with E-state index in [0.717, 1.165) is 21.6 Å². The van der Waals surface area contributed by atoms with Crippen molar-refractivity contribution < 1.29 is 14.4 Å². The number of benzene rings is 4. The first-order chi connectivity index (χ1) is 21.8. The molecule has 5 aromatic rings. The monoisotopic (exact) mass is 632 g/mol. The third-order valence-electron chi connectivity index (χ3n) is 6.61. The minimum atomic E-state index is -0.492. The number of hydrogen-bond acceptors (Lipinski definition) is 5. The first-order valence-electron chi connectivity index (χ1n) is 14.1. The van der Waals surface area contributed by atoms with Crippen molar-refractivity contribution in [2.24, 2.45) is 0 Å². The molecule has 0 saturated heterocycles. The van der Waals surface area contributed by atoms with Gasteiger partial charge in [0.15, 0.2) is 0 Å². The highest BCUT2D eigenvalue weighted by atomic mass is 35.5. The summed E-state index contributed by atoms with van der Waals surface area (Å²) in [6, 6.07) is 36.9. The van der Waals surface area contributed by atoms with E-state index in [1.54, 1.807) is 67.6 Å². The molecule has 0 saturated carbocycles. The van der Waals surface area contributed by atoms with E-state index in [1.165, 1.54) is 18.0 Å². The Bertz CT molecular complexity index is 1810. The number of carbonyl (C=O) groups excluding carboxylic acids is 3. The second-order valence-electron chi connectivity index (χ2n) is 9.96. The minimum absolute atomic E-state index is 0.0811. The van der Waals surface area contributed by atoms with Crippen LogP contribution in [0.15, 0.2) is 138 Å². The number of carbonyl (C=O) groups is 3. The zero-order valence-electron chi connectivity index (χ0n) is 24.2. The van der Waals surface area contributed by atoms with Crippen molar-refractivity contribution in [3.63, 3.8) is 0 Å². The number of nitrogens with one attached hydrogen (secondary N) is 3. The van der Waals surface area contributed by atoms with E-state index >= 15 is 0 Å². The number of rotatable bonds is 10. The lowest BCUT2D eigenvalue weighted by molar-refractivity contribution is -0.115. The van der Waals surface area contributed by atoms with Gasteiger partial charge < -0.3 is 16.0 Å². The molecule has 0 aliphatic carbocycles. The number of anilines is 2. The van der Waals surface area contributed by atoms with Crippen molar-refractivity contribution in [2.45, 2.75) is 17.1 Å². The Balaban J connectivity index is 1.31. The summed E-state index contributed by atoms with van der Waals surface area (Å²) in [6.45, 7) is 1.78. The first-order valence-corrected chi connectivity index (χ1v) is 15.3. The van der Waals surface area contributed by atoms with Gasteiger partial charge in [0.2, 0.25) is 5.91 Å². The Morgan fingerprint density at radius 1 is 0.778 bits per heavy atom. The van der Waals surface area contributed by atoms with Crippen molar-refractivity contribution in [2.75, 3.05) is 10.6 Å². The van der Waals surface area contributed by atoms with Gasteiger partial charge in [-0.05, 0) is 72.2 Å². The Morgan fingerprint density at radius 2 is 1.47 bits per heavy atom. The molecule has 4 aromatic carbocycles. The number of nitrogens with zero attached hydrogens (tertiary/aromatic N) is 1. The van der Waals surface area contributed by atoms with Crippen LogP contribution in [0.25, 0.3) is 17.2 Å². The molecular weight excluding hydrogens is 604 g/mol. The van der Waals surface area contributed by atoms with Gasteiger partial charge in [-0.1, -0.05) is 90.5 Å². The highest BCUT2D eigenvalue weighted by molar-refractivity contribution is 8.00. The van der Waals surface area contributed by atoms with E-state index < -0.39 is 17.1 Å². The minimum Gasteiger partial charge on any atom is -0.321 e. The molecule has 0 radical (unpaired) electrons. The van der Waals surface area contributed by atoms with Crippen molar-refractivity contribution in [1.29, 1.82) is 0 Å². The fourth-order valence-corrected chi connectivity index (χ4v) is 5.33. The lowest BCUT2D eigenvalue weighted by atomic mass is 10.0. The van der Waals surface area contributed by atoms with E-state index in [-0.39, 0.29) is 11.6 Å². The zero-order chi connectivity index (χ0) is 31.6. The van der Waals surface area contributed by atoms with E-state index in [9.17, 15) is 14.4 Å². The summed E-state index contributed by atoms with van der Waals surface area (Å²) in [5, 5.41) is 8.46. The number of halogens is 1. The van der Waals surface area contributed by atoms with Crippen LogP contribution in [0.5, 0.6) is 0 Å². The molecule has 1 heterocycles. The van der Waals surface area contributed by atoms with Gasteiger partial charge in [0.1, 0.15) is 11.5 Å². The molecule has 1 aromatic heterocycles. The number of aromatic nitrogens is 1. The summed E-state index contributed by atoms with van der Waals surface area (Å²) in [7, 11) is 0. The number of pyridine rings is 1. The molecule has 0 aliphatic rings. The van der Waals surface area contributed by atoms with Crippen LogP contribution in [0.3, 0.4) is 0 Å². The van der Waals surface area contributed by atoms with Crippen LogP contribution in [0.4, 0.5) is 11.5 Å². The van der Waals surface area contributed by atoms with Gasteiger partial charge in [-0.3, -0.25) is 14.4 Å². The molecule has 0 bridgehead atoms. The molecule has 5 rings (SSSR count). The molecule has 1 atom stereocenters. The molecule has 7 nitrogen and oxygen atoms in total. The van der Waals surface area contributed by atoms with Crippen LogP contribution in [0.2, 0.25) is 5.02 Å². The van der Waals surface area contributed by atoms with Crippen LogP contribution in [-0.2, 0) is 9.59 Å². The SMILES string of the molecule is CC(Sc1cccc(NC(=O)/C(=C\c2ccc(-c3ccccc3)cc2)NC(=O)c2ccccc2)c1)C(=O)Nc1ccc(Cl)cn1. The molecule has 1 unspecified atom stereocenters. The molecule has 0 fully saturated rings. The smallest absolute Gasteiger partial charge is 0.272 e. The third-order valence-corrected chi connectivity index (χ3v) is 7.93. The van der Waals surface area contributed by atoms with Gasteiger partial charge in [-0.15, -0.1) is 11.8 Å². The van der Waals surface area contributed by atoms with Crippen LogP contribution in [0.1, 0.15) is 22.8 Å². The Kier molecular flexibility index (Phi) is 10.4. The normalized spacial score (nSPS) is 11.7. The summed E-state index contributed by atoms with van der Waals surface area (Å²) in [4.78, 5) is 44.2. The second-order valence-corrected chi connectivity index (χ2v) is 11.8. The highest BCUT2D eigenvalue weighted by Crippen LogP contribution is 2.27. The van der Waals surface area contributed by atoms with Crippen LogP contribution in [-0.4, -0.2) is 28.0 Å². The maximum absolute atomic E-state index is 13.6. The average Bonchev–Trinajstić information content (AvgIpc) is 3.06. The van der Waals surface area contributed by atoms with Gasteiger partial charge in [0.25, 0.3) is 11.8 Å². The second kappa shape index (κ2) is 15.0. The van der Waals surface area contributed by atoms with Crippen molar-refractivity contribution >= 4 is 58.7 Å². The predicted molar refractivity (Wildman–Crippen MR) is 182 cm³/mol. The number of amides is 3. The maximum atomic E-state index is 13.6. The standard InChI is InChI=1S/C36H29ClN4O3S/c1-24(34(42)41-33-20-19-29(37)23-38-33)45-31-14-8-13-30(22-31)39-36(44)32(40-35(43)28-11-6-3-7-12-28)21-25-15-17-27(18-16-25)26-9-4-2-5-10-26/h2-24H,1H3,(H,39,44)(H,40,43)(H,38,41,42)/b32-21+. The summed E-state index contributed by atoms with van der Waals surface area (Å²) in [5.41, 5.74) is 3.87. The molecule has 0 spiro atoms. The molecule has 45 heavy (non-hydrogen) atoms. The summed E-state index contributed by atoms with van der Waals surface area (Å²) in [6.07, 6.45) is 3.10. The molecule has 0 aliphatic heterocycles. The van der Waals surface area contributed by atoms with Crippen molar-refractivity contribution in [3.05, 3.63) is 149 Å². The summed E-state index contributed by atoms with van der Waals surface area (Å²) < 4.78 is 0. The van der Waals surface area contributed by atoms with E-state index in [0.29, 0.717) is 22.1 Å². The Labute approximate surface area is 270 Å². The van der Waals surface area contributed by atoms with E-state index in [1.807, 2.05) is 66.7 Å². The lowest BCUT2D eigenvalue weighted by Crippen LogP contribution is -2.30. The molecule has 3 N–H and O–H groups in total. The maximum Gasteiger partial charge on any atom is 0.272 e. The molecule has 224 valence electrons. The van der Waals surface area contributed by atoms with E-state index in [2.05, 4.69) is 20.9 Å². The molecule has 3 amide bonds. The third kappa shape index (κ3) is 8.92. The van der Waals surface area contributed by atoms with Crippen LogP contribution >= 0.6 is 23.4 Å². The van der Waals surface area contributed by atoms with Gasteiger partial charge >= 0.3 is 0 Å². The molecule has 9 heteroatoms. The highest BCUT2D eigenvalue weighted by Gasteiger charge is 2.18. The fraction of sp³-hybridized carbons (Fsp3) is 0.0556. The van der Waals surface area contributed by atoms with E-state index in [4.69, 9.17) is 11.6 Å². The summed E-state index contributed by atoms with van der Waals surface area (Å²) in [5.74, 6) is -0.716. The van der Waals surface area contributed by atoms with Gasteiger partial charge in [0, 0.05) is 22.3 Å². The van der Waals surface area contributed by atoms with Crippen molar-refractivity contribution in [1.82, 2.24) is 10.3 Å². The van der Waals surface area contributed by atoms with Gasteiger partial charge in [-0.2, -0.15) is 0 Å². The topological polar surface area (TPSA) is 100 Å². The largest absolute Gasteiger partial charge is 0.321 e. The predicted octanol–water partition coefficient (Wildman–Crippen LogP) is 7.93. The van der Waals surface area contributed by atoms with Gasteiger partial charge in [-0.25, -0.2) is 4.98 Å². The summed E-state index contributed by atoms with van der Waals surface area (Å²) >= 11 is 7.21. The lowest BCUT2D eigenvalue weighted by Gasteiger charge is -2.14. The molecular formula is C36H29ClN4O3S. The number of thioether (sulfide) groups is 1. The van der Waals surface area contributed by atoms with Crippen LogP contribution < -0.4 is 16.0 Å². The average molecular weight is 633 g/mol. The Hall–Kier alpha value is -5.18. The zero-order valence-corrected chi connectivity index (χ0v) is 25.8. The first kappa shape index (κ1) is 31.3. The Morgan fingerprint density at radius 3 is 2.16 bits per heavy atom. The fourth-order valence-electron chi connectivity index (χ4n) is 4.29. The number of hydrogen-bond donors (Lipinski definition) is 3. The quantitative estimate of drug-likeness (QED) is 0.107.